The van der Waals surface area contributed by atoms with Crippen LogP contribution < -0.4 is 41.9 Å². The Morgan fingerprint density at radius 2 is 0.492 bits per heavy atom. The summed E-state index contributed by atoms with van der Waals surface area (Å²) in [5, 5.41) is 0. The standard InChI is InChI=1S/C29H30N2O2.C28H28N2O2/c1-19-17-21(5-15-27(19)32-25-11-7-23(30)8-12-25)29(3,4)22-6-16-28(20(2)18-22)33-26-13-9-24(31)10-14-26;1-19-18-21(6-17-27(19)32-26-15-9-23(30)10-16-26)28(2,3)20-4-11-24(12-5-20)31-25-13-7-22(29)8-14-25/h5-18H,30-31H2,1-4H3;4-18H,29-30H2,1-3H3. The number of rotatable bonds is 12. The normalized spacial score (nSPS) is 11.2. The van der Waals surface area contributed by atoms with Crippen LogP contribution in [-0.4, -0.2) is 0 Å². The van der Waals surface area contributed by atoms with Gasteiger partial charge in [0.15, 0.2) is 0 Å². The number of ether oxygens (including phenoxy) is 4. The lowest BCUT2D eigenvalue weighted by atomic mass is 9.77. The second-order valence-corrected chi connectivity index (χ2v) is 17.4. The van der Waals surface area contributed by atoms with Crippen LogP contribution >= 0.6 is 0 Å². The zero-order valence-electron chi connectivity index (χ0n) is 38.2. The molecule has 0 heterocycles. The van der Waals surface area contributed by atoms with E-state index in [2.05, 4.69) is 97.0 Å². The Morgan fingerprint density at radius 1 is 0.277 bits per heavy atom. The van der Waals surface area contributed by atoms with Crippen LogP contribution in [-0.2, 0) is 10.8 Å². The summed E-state index contributed by atoms with van der Waals surface area (Å²) >= 11 is 0. The molecule has 0 saturated carbocycles. The molecule has 8 heteroatoms. The highest BCUT2D eigenvalue weighted by molar-refractivity contribution is 5.52. The summed E-state index contributed by atoms with van der Waals surface area (Å²) in [6, 6.07) is 57.0. The highest BCUT2D eigenvalue weighted by Gasteiger charge is 2.26. The molecule has 8 aromatic rings. The lowest BCUT2D eigenvalue weighted by Gasteiger charge is -2.28. The third kappa shape index (κ3) is 11.2. The molecule has 0 fully saturated rings. The summed E-state index contributed by atoms with van der Waals surface area (Å²) in [7, 11) is 0. The summed E-state index contributed by atoms with van der Waals surface area (Å²) in [6.07, 6.45) is 0. The topological polar surface area (TPSA) is 141 Å². The van der Waals surface area contributed by atoms with Crippen molar-refractivity contribution in [1.29, 1.82) is 0 Å². The lowest BCUT2D eigenvalue weighted by molar-refractivity contribution is 0.477. The SMILES string of the molecule is Cc1cc(C(C)(C)c2ccc(Oc3ccc(N)cc3)c(C)c2)ccc1Oc1ccc(N)cc1.Cc1cc(C(C)(C)c2ccc(Oc3ccc(N)cc3)cc2)ccc1Oc1ccc(N)cc1. The Morgan fingerprint density at radius 3 is 0.754 bits per heavy atom. The predicted octanol–water partition coefficient (Wildman–Crippen LogP) is 14.4. The van der Waals surface area contributed by atoms with Gasteiger partial charge in [0.25, 0.3) is 0 Å². The molecule has 330 valence electrons. The Labute approximate surface area is 383 Å². The fraction of sp³-hybridized carbons (Fsp3) is 0.158. The van der Waals surface area contributed by atoms with Gasteiger partial charge in [-0.15, -0.1) is 0 Å². The molecule has 0 aliphatic carbocycles. The third-order valence-electron chi connectivity index (χ3n) is 11.7. The van der Waals surface area contributed by atoms with Crippen LogP contribution in [0, 0.1) is 20.8 Å². The highest BCUT2D eigenvalue weighted by Crippen LogP contribution is 2.39. The fourth-order valence-electron chi connectivity index (χ4n) is 7.39. The van der Waals surface area contributed by atoms with Crippen molar-refractivity contribution < 1.29 is 18.9 Å². The predicted molar refractivity (Wildman–Crippen MR) is 268 cm³/mol. The lowest BCUT2D eigenvalue weighted by Crippen LogP contribution is -2.19. The van der Waals surface area contributed by atoms with Crippen LogP contribution in [0.5, 0.6) is 46.0 Å². The molecule has 0 radical (unpaired) electrons. The molecule has 0 spiro atoms. The van der Waals surface area contributed by atoms with Gasteiger partial charge in [-0.25, -0.2) is 0 Å². The molecule has 0 atom stereocenters. The molecule has 0 bridgehead atoms. The molecule has 8 N–H and O–H groups in total. The number of hydrogen-bond acceptors (Lipinski definition) is 8. The molecule has 0 saturated heterocycles. The zero-order valence-corrected chi connectivity index (χ0v) is 38.2. The Bertz CT molecular complexity index is 2750. The van der Waals surface area contributed by atoms with Gasteiger partial charge in [-0.2, -0.15) is 0 Å². The van der Waals surface area contributed by atoms with E-state index >= 15 is 0 Å². The van der Waals surface area contributed by atoms with E-state index in [1.54, 1.807) is 0 Å². The molecular weight excluding hydrogens is 805 g/mol. The highest BCUT2D eigenvalue weighted by atomic mass is 16.5. The van der Waals surface area contributed by atoms with E-state index in [0.717, 1.165) is 85.4 Å². The van der Waals surface area contributed by atoms with E-state index in [-0.39, 0.29) is 10.8 Å². The largest absolute Gasteiger partial charge is 0.457 e. The number of anilines is 4. The van der Waals surface area contributed by atoms with Crippen LogP contribution in [0.1, 0.15) is 66.6 Å². The maximum Gasteiger partial charge on any atom is 0.130 e. The summed E-state index contributed by atoms with van der Waals surface area (Å²) in [4.78, 5) is 0. The van der Waals surface area contributed by atoms with E-state index in [4.69, 9.17) is 41.9 Å². The van der Waals surface area contributed by atoms with E-state index in [1.807, 2.05) is 127 Å². The average Bonchev–Trinajstić information content (AvgIpc) is 3.29. The van der Waals surface area contributed by atoms with Gasteiger partial charge in [-0.05, 0) is 187 Å². The van der Waals surface area contributed by atoms with Crippen LogP contribution in [0.3, 0.4) is 0 Å². The quantitative estimate of drug-likeness (QED) is 0.0890. The molecule has 8 rings (SSSR count). The van der Waals surface area contributed by atoms with Crippen molar-refractivity contribution in [2.24, 2.45) is 0 Å². The van der Waals surface area contributed by atoms with Crippen LogP contribution in [0.25, 0.3) is 0 Å². The number of nitrogens with two attached hydrogens (primary N) is 4. The number of nitrogen functional groups attached to an aromatic ring is 4. The fourth-order valence-corrected chi connectivity index (χ4v) is 7.39. The van der Waals surface area contributed by atoms with Crippen LogP contribution in [0.2, 0.25) is 0 Å². The van der Waals surface area contributed by atoms with Crippen molar-refractivity contribution in [2.75, 3.05) is 22.9 Å². The molecule has 0 aromatic heterocycles. The second-order valence-electron chi connectivity index (χ2n) is 17.4. The third-order valence-corrected chi connectivity index (χ3v) is 11.7. The first-order valence-electron chi connectivity index (χ1n) is 21.6. The Kier molecular flexibility index (Phi) is 13.4. The molecule has 0 aliphatic rings. The minimum Gasteiger partial charge on any atom is -0.457 e. The van der Waals surface area contributed by atoms with Gasteiger partial charge in [-0.1, -0.05) is 76.2 Å². The number of benzene rings is 8. The van der Waals surface area contributed by atoms with Crippen LogP contribution in [0.4, 0.5) is 22.7 Å². The molecule has 8 nitrogen and oxygen atoms in total. The van der Waals surface area contributed by atoms with Crippen molar-refractivity contribution in [2.45, 2.75) is 59.3 Å². The second kappa shape index (κ2) is 19.3. The number of hydrogen-bond donors (Lipinski definition) is 4. The van der Waals surface area contributed by atoms with E-state index in [9.17, 15) is 0 Å². The van der Waals surface area contributed by atoms with Gasteiger partial charge in [0.05, 0.1) is 0 Å². The molecule has 0 amide bonds. The molecule has 0 aliphatic heterocycles. The summed E-state index contributed by atoms with van der Waals surface area (Å²) < 4.78 is 24.1. The molecule has 0 unspecified atom stereocenters. The van der Waals surface area contributed by atoms with Gasteiger partial charge in [0.1, 0.15) is 46.0 Å². The maximum absolute atomic E-state index is 6.06. The summed E-state index contributed by atoms with van der Waals surface area (Å²) in [5.74, 6) is 6.37. The first-order chi connectivity index (χ1) is 31.0. The summed E-state index contributed by atoms with van der Waals surface area (Å²) in [5.41, 5.74) is 33.6. The smallest absolute Gasteiger partial charge is 0.130 e. The first kappa shape index (κ1) is 45.2. The van der Waals surface area contributed by atoms with Gasteiger partial charge in [-0.3, -0.25) is 0 Å². The average molecular weight is 863 g/mol. The Hall–Kier alpha value is -7.84. The van der Waals surface area contributed by atoms with E-state index in [0.29, 0.717) is 0 Å². The monoisotopic (exact) mass is 862 g/mol. The minimum absolute atomic E-state index is 0.176. The Balaban J connectivity index is 0.000000194. The minimum atomic E-state index is -0.186. The molecular formula is C57H58N4O4. The first-order valence-corrected chi connectivity index (χ1v) is 21.6. The van der Waals surface area contributed by atoms with Crippen molar-refractivity contribution in [1.82, 2.24) is 0 Å². The van der Waals surface area contributed by atoms with Crippen molar-refractivity contribution in [3.63, 3.8) is 0 Å². The molecule has 65 heavy (non-hydrogen) atoms. The van der Waals surface area contributed by atoms with Gasteiger partial charge in [0, 0.05) is 33.6 Å². The van der Waals surface area contributed by atoms with E-state index < -0.39 is 0 Å². The van der Waals surface area contributed by atoms with Gasteiger partial charge < -0.3 is 41.9 Å². The van der Waals surface area contributed by atoms with Crippen molar-refractivity contribution in [3.05, 3.63) is 215 Å². The van der Waals surface area contributed by atoms with Gasteiger partial charge >= 0.3 is 0 Å². The zero-order chi connectivity index (χ0) is 46.3. The van der Waals surface area contributed by atoms with E-state index in [1.165, 1.54) is 22.3 Å². The maximum atomic E-state index is 6.06. The summed E-state index contributed by atoms with van der Waals surface area (Å²) in [6.45, 7) is 15.1. The van der Waals surface area contributed by atoms with Gasteiger partial charge in [0.2, 0.25) is 0 Å². The van der Waals surface area contributed by atoms with Crippen molar-refractivity contribution >= 4 is 22.7 Å². The van der Waals surface area contributed by atoms with Crippen molar-refractivity contribution in [3.8, 4) is 46.0 Å². The van der Waals surface area contributed by atoms with Crippen LogP contribution in [0.15, 0.2) is 176 Å². The number of aryl methyl sites for hydroxylation is 3. The molecule has 8 aromatic carbocycles.